The van der Waals surface area contributed by atoms with Crippen LogP contribution in [0.2, 0.25) is 0 Å². The molecule has 2 aromatic heterocycles. The van der Waals surface area contributed by atoms with E-state index in [9.17, 15) is 9.59 Å². The van der Waals surface area contributed by atoms with Gasteiger partial charge in [0.05, 0.1) is 56.4 Å². The Morgan fingerprint density at radius 3 is 2.04 bits per heavy atom. The van der Waals surface area contributed by atoms with Crippen LogP contribution in [0.15, 0.2) is 72.9 Å². The van der Waals surface area contributed by atoms with Crippen LogP contribution in [-0.2, 0) is 35.3 Å². The maximum Gasteiger partial charge on any atom is 0.417 e. The van der Waals surface area contributed by atoms with Crippen LogP contribution < -0.4 is 24.4 Å². The Morgan fingerprint density at radius 2 is 1.50 bits per heavy atom. The molecule has 0 spiro atoms. The van der Waals surface area contributed by atoms with E-state index >= 15 is 26.7 Å². The topological polar surface area (TPSA) is 145 Å². The van der Waals surface area contributed by atoms with Gasteiger partial charge in [-0.3, -0.25) is 9.69 Å². The second kappa shape index (κ2) is 19.3. The number of ether oxygens (including phenoxy) is 5. The molecule has 0 saturated carbocycles. The maximum atomic E-state index is 18.0. The van der Waals surface area contributed by atoms with Gasteiger partial charge in [0.25, 0.3) is 5.91 Å². The van der Waals surface area contributed by atoms with E-state index in [0.717, 1.165) is 13.0 Å². The number of nitrogens with one attached hydrogen (secondary N) is 1. The van der Waals surface area contributed by atoms with Crippen molar-refractivity contribution in [3.8, 4) is 28.6 Å². The minimum Gasteiger partial charge on any atom is -0.497 e. The summed E-state index contributed by atoms with van der Waals surface area (Å²) in [5.74, 6) is -3.37. The molecule has 19 heteroatoms. The van der Waals surface area contributed by atoms with Crippen LogP contribution in [0.25, 0.3) is 11.3 Å². The van der Waals surface area contributed by atoms with Crippen molar-refractivity contribution in [2.75, 3.05) is 38.1 Å². The quantitative estimate of drug-likeness (QED) is 0.0939. The highest BCUT2D eigenvalue weighted by atomic mass is 19.4. The Hall–Kier alpha value is -7.18. The number of anilines is 2. The summed E-state index contributed by atoms with van der Waals surface area (Å²) in [6.07, 6.45) is -4.42. The van der Waals surface area contributed by atoms with Crippen LogP contribution >= 0.6 is 0 Å². The lowest BCUT2D eigenvalue weighted by atomic mass is 9.94. The number of rotatable bonds is 12. The molecular weight excluding hydrogens is 920 g/mol. The van der Waals surface area contributed by atoms with Gasteiger partial charge in [-0.05, 0) is 106 Å². The fourth-order valence-electron chi connectivity index (χ4n) is 9.56. The highest BCUT2D eigenvalue weighted by molar-refractivity contribution is 6.03. The summed E-state index contributed by atoms with van der Waals surface area (Å²) in [4.78, 5) is 54.1. The average Bonchev–Trinajstić information content (AvgIpc) is 3.58. The van der Waals surface area contributed by atoms with Gasteiger partial charge in [-0.15, -0.1) is 0 Å². The molecule has 370 valence electrons. The summed E-state index contributed by atoms with van der Waals surface area (Å²) in [6.45, 7) is 7.59. The molecule has 2 saturated heterocycles. The van der Waals surface area contributed by atoms with Gasteiger partial charge in [-0.2, -0.15) is 13.2 Å². The van der Waals surface area contributed by atoms with Gasteiger partial charge in [0, 0.05) is 37.9 Å². The molecule has 5 heterocycles. The molecule has 1 N–H and O–H groups in total. The van der Waals surface area contributed by atoms with E-state index in [-0.39, 0.29) is 37.6 Å². The second-order valence-corrected chi connectivity index (χ2v) is 18.5. The van der Waals surface area contributed by atoms with Crippen molar-refractivity contribution in [1.82, 2.24) is 19.8 Å². The van der Waals surface area contributed by atoms with Crippen molar-refractivity contribution < 1.29 is 60.0 Å². The highest BCUT2D eigenvalue weighted by Gasteiger charge is 2.55. The number of esters is 1. The fraction of sp³-hybridized carbons (Fsp3) is 0.392. The zero-order valence-electron chi connectivity index (χ0n) is 39.9. The third-order valence-electron chi connectivity index (χ3n) is 12.8. The minimum absolute atomic E-state index is 0.0122. The number of methoxy groups -OCH3 is 3. The average molecular weight is 973 g/mol. The Bertz CT molecular complexity index is 2740. The van der Waals surface area contributed by atoms with Crippen LogP contribution in [-0.4, -0.2) is 95.4 Å². The van der Waals surface area contributed by atoms with Gasteiger partial charge < -0.3 is 38.8 Å². The molecule has 4 atom stereocenters. The number of pyridine rings is 2. The molecule has 3 aliphatic heterocycles. The molecule has 2 bridgehead atoms. The molecule has 0 aliphatic carbocycles. The monoisotopic (exact) mass is 972 g/mol. The summed E-state index contributed by atoms with van der Waals surface area (Å²) >= 11 is 0. The van der Waals surface area contributed by atoms with E-state index in [4.69, 9.17) is 23.7 Å². The van der Waals surface area contributed by atoms with Gasteiger partial charge in [0.1, 0.15) is 46.0 Å². The molecule has 5 aromatic rings. The summed E-state index contributed by atoms with van der Waals surface area (Å²) in [5, 5.41) is 2.93. The van der Waals surface area contributed by atoms with Gasteiger partial charge in [0.15, 0.2) is 5.82 Å². The summed E-state index contributed by atoms with van der Waals surface area (Å²) in [7, 11) is 4.19. The number of hydrogen-bond acceptors (Lipinski definition) is 12. The third-order valence-corrected chi connectivity index (χ3v) is 12.8. The first-order chi connectivity index (χ1) is 33.2. The molecule has 2 fully saturated rings. The Kier molecular flexibility index (Phi) is 13.6. The zero-order chi connectivity index (χ0) is 50.4. The number of carbonyl (C=O) groups is 3. The normalized spacial score (nSPS) is 18.6. The summed E-state index contributed by atoms with van der Waals surface area (Å²) in [5.41, 5.74) is -4.38. The number of piperazine rings is 1. The lowest BCUT2D eigenvalue weighted by Crippen LogP contribution is -2.65. The molecule has 3 aromatic carbocycles. The van der Waals surface area contributed by atoms with E-state index in [2.05, 4.69) is 15.3 Å². The predicted molar refractivity (Wildman–Crippen MR) is 248 cm³/mol. The van der Waals surface area contributed by atoms with E-state index in [1.165, 1.54) is 49.5 Å². The van der Waals surface area contributed by atoms with Crippen molar-refractivity contribution in [3.05, 3.63) is 124 Å². The van der Waals surface area contributed by atoms with Crippen molar-refractivity contribution in [3.63, 3.8) is 0 Å². The molecule has 14 nitrogen and oxygen atoms in total. The van der Waals surface area contributed by atoms with Gasteiger partial charge in [-0.1, -0.05) is 30.3 Å². The SMILES string of the molecule is COC(=O)c1ccc(CNc2c(F)c(-c3cc(N(Cc4ccc(OC)cc4)Cc4ccc(OC)cc4)c(F)c(C)c3C(F)(F)F)nc3c2C(=O)N2C[C@H]4CC[C@@H]([C@H]2[C@H](C)O3)N4C(=O)OC(C)(C)C)cn1. The second-order valence-electron chi connectivity index (χ2n) is 18.5. The lowest BCUT2D eigenvalue weighted by molar-refractivity contribution is -0.137. The smallest absolute Gasteiger partial charge is 0.417 e. The number of alkyl halides is 3. The van der Waals surface area contributed by atoms with Gasteiger partial charge in [0.2, 0.25) is 5.88 Å². The van der Waals surface area contributed by atoms with Crippen LogP contribution in [0.5, 0.6) is 17.4 Å². The molecule has 70 heavy (non-hydrogen) atoms. The standard InChI is InChI=1S/C51H53F5N6O8/c1-27-40(51(54,55)56)35(21-38(41(27)52)60(24-29-9-15-33(66-6)16-10-29)25-30-11-17-34(67-7)18-12-30)43-42(53)44(58-23-31-13-19-36(57-22-31)48(64)68-8)39-46(59-43)69-28(2)45-37-20-14-32(26-61(45)47(39)63)62(37)49(65)70-50(3,4)5/h9-13,15-19,21-22,28,32,37,45H,14,20,23-26H2,1-8H3,(H,58,59)/t28-,32+,37-,45+/m0/s1. The van der Waals surface area contributed by atoms with Crippen molar-refractivity contribution in [1.29, 1.82) is 0 Å². The van der Waals surface area contributed by atoms with E-state index in [1.54, 1.807) is 81.1 Å². The Morgan fingerprint density at radius 1 is 0.886 bits per heavy atom. The number of aromatic nitrogens is 2. The summed E-state index contributed by atoms with van der Waals surface area (Å²) < 4.78 is 109. The number of halogens is 5. The van der Waals surface area contributed by atoms with Crippen LogP contribution in [0.1, 0.15) is 89.2 Å². The Balaban J connectivity index is 1.30. The van der Waals surface area contributed by atoms with Crippen LogP contribution in [0.3, 0.4) is 0 Å². The van der Waals surface area contributed by atoms with Gasteiger partial charge in [-0.25, -0.2) is 28.3 Å². The van der Waals surface area contributed by atoms with E-state index in [1.807, 2.05) is 0 Å². The third kappa shape index (κ3) is 9.70. The first-order valence-electron chi connectivity index (χ1n) is 22.6. The first-order valence-corrected chi connectivity index (χ1v) is 22.6. The molecule has 8 rings (SSSR count). The molecular formula is C51H53F5N6O8. The molecule has 3 aliphatic rings. The number of benzene rings is 3. The number of nitrogens with zero attached hydrogens (tertiary/aromatic N) is 5. The number of fused-ring (bicyclic) bond motifs is 5. The highest BCUT2D eigenvalue weighted by Crippen LogP contribution is 2.48. The number of amides is 2. The molecule has 0 radical (unpaired) electrons. The molecule has 0 unspecified atom stereocenters. The van der Waals surface area contributed by atoms with E-state index in [0.29, 0.717) is 41.0 Å². The first kappa shape index (κ1) is 49.2. The summed E-state index contributed by atoms with van der Waals surface area (Å²) in [6, 6.07) is 15.7. The van der Waals surface area contributed by atoms with E-state index < -0.39 is 105 Å². The minimum atomic E-state index is -5.24. The van der Waals surface area contributed by atoms with Gasteiger partial charge >= 0.3 is 18.2 Å². The number of hydrogen-bond donors (Lipinski definition) is 1. The molecule has 2 amide bonds. The maximum absolute atomic E-state index is 18.0. The zero-order valence-corrected chi connectivity index (χ0v) is 39.9. The number of carbonyl (C=O) groups excluding carboxylic acids is 3. The van der Waals surface area contributed by atoms with Crippen molar-refractivity contribution in [2.24, 2.45) is 0 Å². The van der Waals surface area contributed by atoms with Crippen LogP contribution in [0.4, 0.5) is 38.1 Å². The van der Waals surface area contributed by atoms with Crippen molar-refractivity contribution in [2.45, 2.75) is 103 Å². The van der Waals surface area contributed by atoms with Crippen molar-refractivity contribution >= 4 is 29.3 Å². The largest absolute Gasteiger partial charge is 0.497 e. The fourth-order valence-corrected chi connectivity index (χ4v) is 9.56. The predicted octanol–water partition coefficient (Wildman–Crippen LogP) is 9.75. The van der Waals surface area contributed by atoms with Crippen LogP contribution in [0, 0.1) is 18.6 Å². The lowest BCUT2D eigenvalue weighted by Gasteiger charge is -2.47. The Labute approximate surface area is 401 Å².